The minimum absolute atomic E-state index is 0.0321. The van der Waals surface area contributed by atoms with Crippen LogP contribution in [0.1, 0.15) is 33.9 Å². The fourth-order valence-corrected chi connectivity index (χ4v) is 4.94. The van der Waals surface area contributed by atoms with E-state index < -0.39 is 5.97 Å². The van der Waals surface area contributed by atoms with E-state index in [9.17, 15) is 9.59 Å². The molecule has 0 spiro atoms. The van der Waals surface area contributed by atoms with Crippen molar-refractivity contribution < 1.29 is 23.5 Å². The van der Waals surface area contributed by atoms with Gasteiger partial charge in [0.1, 0.15) is 24.2 Å². The molecule has 0 unspecified atom stereocenters. The molecule has 198 valence electrons. The van der Waals surface area contributed by atoms with Crippen molar-refractivity contribution in [3.05, 3.63) is 102 Å². The zero-order chi connectivity index (χ0) is 27.4. The van der Waals surface area contributed by atoms with Crippen LogP contribution in [0.3, 0.4) is 0 Å². The molecule has 1 saturated heterocycles. The molecule has 1 amide bonds. The van der Waals surface area contributed by atoms with Crippen molar-refractivity contribution in [3.63, 3.8) is 0 Å². The summed E-state index contributed by atoms with van der Waals surface area (Å²) < 4.78 is 16.2. The number of ether oxygens (including phenoxy) is 2. The van der Waals surface area contributed by atoms with Crippen LogP contribution in [0.15, 0.2) is 89.5 Å². The first-order valence-electron chi connectivity index (χ1n) is 12.2. The van der Waals surface area contributed by atoms with Gasteiger partial charge < -0.3 is 29.4 Å². The quantitative estimate of drug-likeness (QED) is 0.238. The van der Waals surface area contributed by atoms with Crippen molar-refractivity contribution in [1.82, 2.24) is 10.3 Å². The highest BCUT2D eigenvalue weighted by Crippen LogP contribution is 2.43. The number of esters is 1. The second-order valence-electron chi connectivity index (χ2n) is 8.76. The molecule has 0 aliphatic carbocycles. The number of hydrogen-bond acceptors (Lipinski definition) is 7. The summed E-state index contributed by atoms with van der Waals surface area (Å²) in [5.74, 6) is 0.467. The van der Waals surface area contributed by atoms with E-state index in [-0.39, 0.29) is 24.6 Å². The van der Waals surface area contributed by atoms with Crippen molar-refractivity contribution in [1.29, 1.82) is 0 Å². The molecule has 4 aromatic rings. The smallest absolute Gasteiger partial charge is 0.338 e. The lowest BCUT2D eigenvalue weighted by molar-refractivity contribution is -0.119. The molecule has 10 heteroatoms. The zero-order valence-corrected chi connectivity index (χ0v) is 22.1. The number of hydrogen-bond donors (Lipinski definition) is 2. The minimum atomic E-state index is -0.446. The fourth-order valence-electron chi connectivity index (χ4n) is 4.60. The average molecular weight is 543 g/mol. The minimum Gasteiger partial charge on any atom is -0.465 e. The van der Waals surface area contributed by atoms with E-state index in [1.807, 2.05) is 59.5 Å². The number of carbonyl (C=O) groups is 2. The highest BCUT2D eigenvalue weighted by molar-refractivity contribution is 7.80. The predicted octanol–water partition coefficient (Wildman–Crippen LogP) is 4.89. The van der Waals surface area contributed by atoms with Crippen LogP contribution in [0, 0.1) is 0 Å². The molecule has 0 saturated carbocycles. The number of nitrogens with zero attached hydrogens (tertiary/aromatic N) is 2. The summed E-state index contributed by atoms with van der Waals surface area (Å²) in [6.07, 6.45) is 1.73. The van der Waals surface area contributed by atoms with Gasteiger partial charge in [0.25, 0.3) is 0 Å². The van der Waals surface area contributed by atoms with Gasteiger partial charge in [-0.15, -0.1) is 0 Å². The fraction of sp³-hybridized carbons (Fsp3) is 0.172. The zero-order valence-electron chi connectivity index (χ0n) is 21.3. The number of furan rings is 1. The van der Waals surface area contributed by atoms with Crippen LogP contribution in [0.5, 0.6) is 0 Å². The number of aromatic nitrogens is 1. The van der Waals surface area contributed by atoms with Gasteiger partial charge in [-0.2, -0.15) is 0 Å². The first-order valence-corrected chi connectivity index (χ1v) is 12.6. The molecule has 1 fully saturated rings. The number of methoxy groups -OCH3 is 2. The molecule has 0 bridgehead atoms. The Hall–Kier alpha value is -4.54. The third kappa shape index (κ3) is 5.38. The Morgan fingerprint density at radius 2 is 1.79 bits per heavy atom. The van der Waals surface area contributed by atoms with Crippen molar-refractivity contribution in [3.8, 4) is 11.3 Å². The molecule has 39 heavy (non-hydrogen) atoms. The van der Waals surface area contributed by atoms with Crippen LogP contribution in [-0.2, 0) is 14.3 Å². The van der Waals surface area contributed by atoms with E-state index in [1.54, 1.807) is 30.5 Å². The van der Waals surface area contributed by atoms with Crippen molar-refractivity contribution in [2.75, 3.05) is 31.0 Å². The number of pyridine rings is 1. The average Bonchev–Trinajstić information content (AvgIpc) is 3.58. The molecule has 3 heterocycles. The molecule has 2 atom stereocenters. The highest BCUT2D eigenvalue weighted by Gasteiger charge is 2.42. The Kier molecular flexibility index (Phi) is 7.67. The lowest BCUT2D eigenvalue weighted by Gasteiger charge is -2.26. The van der Waals surface area contributed by atoms with Crippen LogP contribution in [0.4, 0.5) is 11.4 Å². The summed E-state index contributed by atoms with van der Waals surface area (Å²) in [6, 6.07) is 23.2. The van der Waals surface area contributed by atoms with Gasteiger partial charge in [0.2, 0.25) is 5.91 Å². The first kappa shape index (κ1) is 26.1. The molecule has 1 aliphatic heterocycles. The van der Waals surface area contributed by atoms with Gasteiger partial charge in [-0.25, -0.2) is 4.79 Å². The Balaban J connectivity index is 1.53. The van der Waals surface area contributed by atoms with Crippen molar-refractivity contribution in [2.45, 2.75) is 12.1 Å². The van der Waals surface area contributed by atoms with Crippen molar-refractivity contribution in [2.24, 2.45) is 0 Å². The Labute approximate surface area is 230 Å². The summed E-state index contributed by atoms with van der Waals surface area (Å²) in [6.45, 7) is -0.0321. The standard InChI is InChI=1S/C29H26N4O5S/c1-36-17-25(34)31-18-10-12-19(13-11-18)33-27(26(32-29(33)39)22-9-5-6-16-30-22)24-15-14-23(38-24)20-7-3-4-8-21(20)28(35)37-2/h3-16,26-27H,17H2,1-2H3,(H,31,34)(H,32,39)/t26-,27-/m0/s1. The molecular weight excluding hydrogens is 516 g/mol. The van der Waals surface area contributed by atoms with Crippen LogP contribution in [0.2, 0.25) is 0 Å². The van der Waals surface area contributed by atoms with Crippen LogP contribution < -0.4 is 15.5 Å². The van der Waals surface area contributed by atoms with Gasteiger partial charge >= 0.3 is 5.97 Å². The predicted molar refractivity (Wildman–Crippen MR) is 150 cm³/mol. The molecule has 9 nitrogen and oxygen atoms in total. The Bertz CT molecular complexity index is 1490. The molecule has 2 aromatic heterocycles. The Morgan fingerprint density at radius 3 is 2.51 bits per heavy atom. The third-order valence-corrected chi connectivity index (χ3v) is 6.63. The number of rotatable bonds is 8. The van der Waals surface area contributed by atoms with E-state index in [0.29, 0.717) is 33.4 Å². The summed E-state index contributed by atoms with van der Waals surface area (Å²) in [5, 5.41) is 6.69. The molecule has 2 N–H and O–H groups in total. The number of amides is 1. The monoisotopic (exact) mass is 542 g/mol. The van der Waals surface area contributed by atoms with Crippen molar-refractivity contribution >= 4 is 40.6 Å². The van der Waals surface area contributed by atoms with Crippen LogP contribution in [0.25, 0.3) is 11.3 Å². The maximum absolute atomic E-state index is 12.4. The Morgan fingerprint density at radius 1 is 1.03 bits per heavy atom. The second-order valence-corrected chi connectivity index (χ2v) is 9.15. The normalized spacial score (nSPS) is 16.6. The SMILES string of the molecule is COCC(=O)Nc1ccc(N2C(=S)N[C@@H](c3ccccn3)[C@@H]2c2ccc(-c3ccccc3C(=O)OC)o2)cc1. The van der Waals surface area contributed by atoms with Gasteiger partial charge in [0.05, 0.1) is 24.4 Å². The second kappa shape index (κ2) is 11.5. The molecule has 5 rings (SSSR count). The van der Waals surface area contributed by atoms with Gasteiger partial charge in [0, 0.05) is 30.2 Å². The largest absolute Gasteiger partial charge is 0.465 e. The first-order chi connectivity index (χ1) is 19.0. The molecule has 0 radical (unpaired) electrons. The number of nitrogens with one attached hydrogen (secondary N) is 2. The highest BCUT2D eigenvalue weighted by atomic mass is 32.1. The summed E-state index contributed by atoms with van der Waals surface area (Å²) in [4.78, 5) is 30.8. The lowest BCUT2D eigenvalue weighted by atomic mass is 10.0. The van der Waals surface area contributed by atoms with Crippen LogP contribution >= 0.6 is 12.2 Å². The van der Waals surface area contributed by atoms with Gasteiger partial charge in [0.15, 0.2) is 5.11 Å². The number of anilines is 2. The number of thiocarbonyl (C=S) groups is 1. The lowest BCUT2D eigenvalue weighted by Crippen LogP contribution is -2.29. The van der Waals surface area contributed by atoms with E-state index in [2.05, 4.69) is 15.6 Å². The van der Waals surface area contributed by atoms with Gasteiger partial charge in [-0.05, 0) is 66.8 Å². The molecule has 1 aliphatic rings. The van der Waals surface area contributed by atoms with Gasteiger partial charge in [-0.1, -0.05) is 24.3 Å². The number of carbonyl (C=O) groups excluding carboxylic acids is 2. The maximum Gasteiger partial charge on any atom is 0.338 e. The summed E-state index contributed by atoms with van der Waals surface area (Å²) >= 11 is 5.78. The summed E-state index contributed by atoms with van der Waals surface area (Å²) in [7, 11) is 2.82. The molecular formula is C29H26N4O5S. The van der Waals surface area contributed by atoms with Gasteiger partial charge in [-0.3, -0.25) is 9.78 Å². The number of benzene rings is 2. The van der Waals surface area contributed by atoms with Crippen LogP contribution in [-0.4, -0.2) is 42.8 Å². The van der Waals surface area contributed by atoms with E-state index in [4.69, 9.17) is 26.1 Å². The topological polar surface area (TPSA) is 106 Å². The van der Waals surface area contributed by atoms with E-state index in [0.717, 1.165) is 11.4 Å². The van der Waals surface area contributed by atoms with E-state index in [1.165, 1.54) is 14.2 Å². The third-order valence-electron chi connectivity index (χ3n) is 6.32. The molecule has 2 aromatic carbocycles. The summed E-state index contributed by atoms with van der Waals surface area (Å²) in [5.41, 5.74) is 3.26. The maximum atomic E-state index is 12.4. The van der Waals surface area contributed by atoms with E-state index >= 15 is 0 Å².